The molecule has 0 aliphatic heterocycles. The monoisotopic (exact) mass is 401 g/mol. The van der Waals surface area contributed by atoms with Crippen LogP contribution in [0.25, 0.3) is 20.8 Å². The van der Waals surface area contributed by atoms with E-state index in [0.717, 1.165) is 32.4 Å². The minimum Gasteiger partial charge on any atom is -0.236 e. The van der Waals surface area contributed by atoms with Gasteiger partial charge in [0, 0.05) is 16.2 Å². The summed E-state index contributed by atoms with van der Waals surface area (Å²) in [6.45, 7) is 0. The molecule has 0 aliphatic rings. The molecular formula is C21H14F3NS2. The Morgan fingerprint density at radius 3 is 2.41 bits per heavy atom. The maximum absolute atomic E-state index is 12.8. The summed E-state index contributed by atoms with van der Waals surface area (Å²) in [5, 5.41) is 0.966. The van der Waals surface area contributed by atoms with Crippen molar-refractivity contribution in [1.29, 1.82) is 0 Å². The molecule has 0 radical (unpaired) electrons. The summed E-state index contributed by atoms with van der Waals surface area (Å²) in [6, 6.07) is 21.5. The lowest BCUT2D eigenvalue weighted by molar-refractivity contribution is -0.137. The number of para-hydroxylation sites is 1. The fraction of sp³-hybridized carbons (Fsp3) is 0.0952. The van der Waals surface area contributed by atoms with E-state index in [1.807, 2.05) is 42.5 Å². The van der Waals surface area contributed by atoms with Crippen LogP contribution in [0.5, 0.6) is 0 Å². The fourth-order valence-corrected chi connectivity index (χ4v) is 4.55. The summed E-state index contributed by atoms with van der Waals surface area (Å²) in [5.74, 6) is 0.613. The number of alkyl halides is 3. The smallest absolute Gasteiger partial charge is 0.236 e. The van der Waals surface area contributed by atoms with E-state index in [2.05, 4.69) is 11.1 Å². The van der Waals surface area contributed by atoms with Gasteiger partial charge in [0.25, 0.3) is 0 Å². The van der Waals surface area contributed by atoms with Crippen molar-refractivity contribution >= 4 is 33.3 Å². The van der Waals surface area contributed by atoms with Crippen molar-refractivity contribution in [3.8, 4) is 10.6 Å². The molecule has 6 heteroatoms. The zero-order valence-corrected chi connectivity index (χ0v) is 15.7. The molecule has 0 unspecified atom stereocenters. The molecule has 4 aromatic rings. The Kier molecular flexibility index (Phi) is 4.93. The Morgan fingerprint density at radius 1 is 0.889 bits per heavy atom. The van der Waals surface area contributed by atoms with Crippen LogP contribution in [0.2, 0.25) is 0 Å². The molecule has 27 heavy (non-hydrogen) atoms. The van der Waals surface area contributed by atoms with E-state index in [1.54, 1.807) is 17.4 Å². The first kappa shape index (κ1) is 18.1. The lowest BCUT2D eigenvalue weighted by Crippen LogP contribution is -2.04. The second kappa shape index (κ2) is 7.37. The average molecular weight is 401 g/mol. The number of halogens is 3. The summed E-state index contributed by atoms with van der Waals surface area (Å²) < 4.78 is 39.5. The van der Waals surface area contributed by atoms with Crippen molar-refractivity contribution in [2.45, 2.75) is 16.8 Å². The van der Waals surface area contributed by atoms with Gasteiger partial charge >= 0.3 is 6.18 Å². The standard InChI is InChI=1S/C21H14F3NS2/c22-21(23,24)16-4-3-5-17(12-16)26-13-14-8-10-15(11-9-14)20-25-18-6-1-2-7-19(18)27-20/h1-12H,13H2. The number of thioether (sulfide) groups is 1. The maximum Gasteiger partial charge on any atom is 0.416 e. The van der Waals surface area contributed by atoms with E-state index < -0.39 is 11.7 Å². The van der Waals surface area contributed by atoms with Gasteiger partial charge in [0.15, 0.2) is 0 Å². The molecule has 0 N–H and O–H groups in total. The van der Waals surface area contributed by atoms with Crippen molar-refractivity contribution < 1.29 is 13.2 Å². The zero-order valence-electron chi connectivity index (χ0n) is 14.0. The largest absolute Gasteiger partial charge is 0.416 e. The Hall–Kier alpha value is -2.31. The average Bonchev–Trinajstić information content (AvgIpc) is 3.10. The first-order chi connectivity index (χ1) is 13.0. The summed E-state index contributed by atoms with van der Waals surface area (Å²) in [6.07, 6.45) is -4.31. The van der Waals surface area contributed by atoms with E-state index in [1.165, 1.54) is 23.9 Å². The van der Waals surface area contributed by atoms with Gasteiger partial charge in [-0.25, -0.2) is 4.98 Å². The third kappa shape index (κ3) is 4.17. The van der Waals surface area contributed by atoms with E-state index in [-0.39, 0.29) is 0 Å². The van der Waals surface area contributed by atoms with Crippen molar-refractivity contribution in [3.05, 3.63) is 83.9 Å². The van der Waals surface area contributed by atoms with Gasteiger partial charge in [-0.3, -0.25) is 0 Å². The molecule has 0 saturated carbocycles. The van der Waals surface area contributed by atoms with Crippen molar-refractivity contribution in [1.82, 2.24) is 4.98 Å². The molecule has 0 spiro atoms. The predicted molar refractivity (Wildman–Crippen MR) is 106 cm³/mol. The molecule has 136 valence electrons. The summed E-state index contributed by atoms with van der Waals surface area (Å²) in [4.78, 5) is 5.26. The minimum absolute atomic E-state index is 0.611. The Labute approximate surface area is 162 Å². The van der Waals surface area contributed by atoms with Crippen LogP contribution in [0.4, 0.5) is 13.2 Å². The normalized spacial score (nSPS) is 11.8. The summed E-state index contributed by atoms with van der Waals surface area (Å²) in [5.41, 5.74) is 2.48. The van der Waals surface area contributed by atoms with Crippen LogP contribution < -0.4 is 0 Å². The van der Waals surface area contributed by atoms with Gasteiger partial charge in [-0.15, -0.1) is 23.1 Å². The molecule has 0 aliphatic carbocycles. The number of fused-ring (bicyclic) bond motifs is 1. The lowest BCUT2D eigenvalue weighted by atomic mass is 10.2. The number of hydrogen-bond donors (Lipinski definition) is 0. The van der Waals surface area contributed by atoms with Crippen LogP contribution in [0.3, 0.4) is 0 Å². The molecule has 0 fully saturated rings. The highest BCUT2D eigenvalue weighted by Crippen LogP contribution is 2.33. The van der Waals surface area contributed by atoms with Crippen LogP contribution in [0, 0.1) is 0 Å². The lowest BCUT2D eigenvalue weighted by Gasteiger charge is -2.08. The molecule has 0 saturated heterocycles. The van der Waals surface area contributed by atoms with Crippen LogP contribution in [-0.2, 0) is 11.9 Å². The molecule has 1 heterocycles. The number of hydrogen-bond acceptors (Lipinski definition) is 3. The van der Waals surface area contributed by atoms with Gasteiger partial charge in [-0.2, -0.15) is 13.2 Å². The summed E-state index contributed by atoms with van der Waals surface area (Å²) in [7, 11) is 0. The second-order valence-electron chi connectivity index (χ2n) is 6.00. The summed E-state index contributed by atoms with van der Waals surface area (Å²) >= 11 is 3.04. The molecule has 4 rings (SSSR count). The fourth-order valence-electron chi connectivity index (χ4n) is 2.67. The van der Waals surface area contributed by atoms with Crippen molar-refractivity contribution in [3.63, 3.8) is 0 Å². The minimum atomic E-state index is -4.31. The number of nitrogens with zero attached hydrogens (tertiary/aromatic N) is 1. The number of rotatable bonds is 4. The van der Waals surface area contributed by atoms with Gasteiger partial charge in [0.05, 0.1) is 15.8 Å². The highest BCUT2D eigenvalue weighted by Gasteiger charge is 2.30. The molecule has 0 amide bonds. The van der Waals surface area contributed by atoms with Crippen LogP contribution in [0.15, 0.2) is 77.7 Å². The van der Waals surface area contributed by atoms with Gasteiger partial charge in [0.1, 0.15) is 5.01 Å². The van der Waals surface area contributed by atoms with Crippen LogP contribution >= 0.6 is 23.1 Å². The van der Waals surface area contributed by atoms with E-state index in [9.17, 15) is 13.2 Å². The van der Waals surface area contributed by atoms with Crippen molar-refractivity contribution in [2.75, 3.05) is 0 Å². The first-order valence-electron chi connectivity index (χ1n) is 8.24. The molecule has 1 nitrogen and oxygen atoms in total. The van der Waals surface area contributed by atoms with Gasteiger partial charge < -0.3 is 0 Å². The van der Waals surface area contributed by atoms with E-state index >= 15 is 0 Å². The Morgan fingerprint density at radius 2 is 1.67 bits per heavy atom. The van der Waals surface area contributed by atoms with Crippen molar-refractivity contribution in [2.24, 2.45) is 0 Å². The van der Waals surface area contributed by atoms with Gasteiger partial charge in [-0.1, -0.05) is 42.5 Å². The highest BCUT2D eigenvalue weighted by atomic mass is 32.2. The highest BCUT2D eigenvalue weighted by molar-refractivity contribution is 7.98. The van der Waals surface area contributed by atoms with Gasteiger partial charge in [-0.05, 0) is 35.9 Å². The predicted octanol–water partition coefficient (Wildman–Crippen LogP) is 7.27. The second-order valence-corrected chi connectivity index (χ2v) is 8.08. The molecule has 3 aromatic carbocycles. The molecular weight excluding hydrogens is 387 g/mol. The van der Waals surface area contributed by atoms with E-state index in [4.69, 9.17) is 0 Å². The Bertz CT molecular complexity index is 1040. The number of benzene rings is 3. The quantitative estimate of drug-likeness (QED) is 0.333. The molecule has 0 atom stereocenters. The third-order valence-corrected chi connectivity index (χ3v) is 6.21. The topological polar surface area (TPSA) is 12.9 Å². The zero-order chi connectivity index (χ0) is 18.9. The maximum atomic E-state index is 12.8. The van der Waals surface area contributed by atoms with Gasteiger partial charge in [0.2, 0.25) is 0 Å². The SMILES string of the molecule is FC(F)(F)c1cccc(SCc2ccc(-c3nc4ccccc4s3)cc2)c1. The van der Waals surface area contributed by atoms with E-state index in [0.29, 0.717) is 10.6 Å². The van der Waals surface area contributed by atoms with Crippen LogP contribution in [0.1, 0.15) is 11.1 Å². The molecule has 0 bridgehead atoms. The molecule has 1 aromatic heterocycles. The first-order valence-corrected chi connectivity index (χ1v) is 10.0. The van der Waals surface area contributed by atoms with Crippen LogP contribution in [-0.4, -0.2) is 4.98 Å². The number of thiazole rings is 1. The number of aromatic nitrogens is 1. The Balaban J connectivity index is 1.47. The third-order valence-electron chi connectivity index (χ3n) is 4.06.